The first kappa shape index (κ1) is 22.8. The fourth-order valence-electron chi connectivity index (χ4n) is 4.93. The van der Waals surface area contributed by atoms with Gasteiger partial charge in [-0.3, -0.25) is 0 Å². The topological polar surface area (TPSA) is 9.23 Å². The Kier molecular flexibility index (Phi) is 7.14. The van der Waals surface area contributed by atoms with Crippen molar-refractivity contribution in [1.29, 1.82) is 0 Å². The van der Waals surface area contributed by atoms with Gasteiger partial charge in [0, 0.05) is 0 Å². The molecular weight excluding hydrogens is 449 g/mol. The molecule has 0 spiro atoms. The molecule has 148 valence electrons. The summed E-state index contributed by atoms with van der Waals surface area (Å²) in [5.74, 6) is 0. The van der Waals surface area contributed by atoms with Crippen molar-refractivity contribution in [2.24, 2.45) is 0 Å². The molecule has 2 aromatic carbocycles. The van der Waals surface area contributed by atoms with Gasteiger partial charge in [-0.1, -0.05) is 0 Å². The van der Waals surface area contributed by atoms with Gasteiger partial charge in [0.05, 0.1) is 0 Å². The van der Waals surface area contributed by atoms with Crippen LogP contribution in [0.2, 0.25) is 19.0 Å². The summed E-state index contributed by atoms with van der Waals surface area (Å²) in [7, 11) is 0. The van der Waals surface area contributed by atoms with Crippen LogP contribution in [0.1, 0.15) is 55.4 Å². The summed E-state index contributed by atoms with van der Waals surface area (Å²) in [5, 5.41) is 2.35. The fourth-order valence-corrected chi connectivity index (χ4v) is 41.5. The van der Waals surface area contributed by atoms with Crippen molar-refractivity contribution < 1.29 is 2.79 Å². The summed E-state index contributed by atoms with van der Waals surface area (Å²) in [6.07, 6.45) is 0. The Morgan fingerprint density at radius 3 is 1.33 bits per heavy atom. The van der Waals surface area contributed by atoms with E-state index in [0.29, 0.717) is 0 Å². The summed E-state index contributed by atoms with van der Waals surface area (Å²) < 4.78 is 11.1. The van der Waals surface area contributed by atoms with Crippen LogP contribution in [-0.4, -0.2) is 27.2 Å². The Labute approximate surface area is 173 Å². The summed E-state index contributed by atoms with van der Waals surface area (Å²) in [4.78, 5) is 0. The number of hydrogen-bond acceptors (Lipinski definition) is 1. The monoisotopic (exact) mass is 490 g/mol. The maximum atomic E-state index is 7.80. The zero-order valence-corrected chi connectivity index (χ0v) is 22.8. The molecule has 0 heterocycles. The van der Waals surface area contributed by atoms with E-state index < -0.39 is 27.2 Å². The van der Waals surface area contributed by atoms with Gasteiger partial charge < -0.3 is 0 Å². The summed E-state index contributed by atoms with van der Waals surface area (Å²) in [6, 6.07) is 22.4. The molecule has 2 rings (SSSR count). The van der Waals surface area contributed by atoms with Crippen molar-refractivity contribution in [1.82, 2.24) is 0 Å². The predicted octanol–water partition coefficient (Wildman–Crippen LogP) is 6.35. The van der Waals surface area contributed by atoms with Crippen molar-refractivity contribution in [3.05, 3.63) is 60.7 Å². The normalized spacial score (nSPS) is 13.6. The molecule has 2 aromatic rings. The summed E-state index contributed by atoms with van der Waals surface area (Å²) >= 11 is -5.77. The van der Waals surface area contributed by atoms with E-state index in [-0.39, 0.29) is 8.49 Å². The van der Waals surface area contributed by atoms with Crippen LogP contribution in [0.4, 0.5) is 0 Å². The first-order valence-electron chi connectivity index (χ1n) is 10.4. The van der Waals surface area contributed by atoms with Crippen LogP contribution in [0, 0.1) is 0 Å². The van der Waals surface area contributed by atoms with E-state index in [2.05, 4.69) is 116 Å². The van der Waals surface area contributed by atoms with Crippen LogP contribution in [0.5, 0.6) is 0 Å². The van der Waals surface area contributed by atoms with Gasteiger partial charge in [-0.2, -0.15) is 0 Å². The molecule has 0 saturated carbocycles. The van der Waals surface area contributed by atoms with E-state index in [0.717, 1.165) is 0 Å². The standard InChI is InChI=1S/C24H38Ge2O/c1-9-25(10-2,21-17-13-11-14-18-21)27-26(23(3,4)5,24(6,7)8)22-19-15-12-16-20-22/h11-20H,9-10H2,1-8H3. The van der Waals surface area contributed by atoms with Crippen molar-refractivity contribution in [2.45, 2.75) is 74.4 Å². The fraction of sp³-hybridized carbons (Fsp3) is 0.500. The zero-order chi connectivity index (χ0) is 20.3. The van der Waals surface area contributed by atoms with E-state index in [4.69, 9.17) is 2.79 Å². The first-order valence-corrected chi connectivity index (χ1v) is 19.2. The van der Waals surface area contributed by atoms with Gasteiger partial charge in [-0.05, 0) is 0 Å². The quantitative estimate of drug-likeness (QED) is 0.432. The molecule has 1 nitrogen and oxygen atoms in total. The second kappa shape index (κ2) is 8.47. The molecule has 0 bridgehead atoms. The molecule has 0 aliphatic heterocycles. The van der Waals surface area contributed by atoms with Gasteiger partial charge in [-0.25, -0.2) is 0 Å². The van der Waals surface area contributed by atoms with Crippen molar-refractivity contribution in [3.63, 3.8) is 0 Å². The Morgan fingerprint density at radius 2 is 1.00 bits per heavy atom. The van der Waals surface area contributed by atoms with Crippen molar-refractivity contribution >= 4 is 36.0 Å². The number of hydrogen-bond donors (Lipinski definition) is 0. The number of rotatable bonds is 6. The number of benzene rings is 2. The average Bonchev–Trinajstić information content (AvgIpc) is 2.63. The molecular formula is C24H38Ge2O. The Balaban J connectivity index is 2.77. The molecule has 0 fully saturated rings. The van der Waals surface area contributed by atoms with Gasteiger partial charge >= 0.3 is 174 Å². The van der Waals surface area contributed by atoms with Crippen LogP contribution in [0.25, 0.3) is 0 Å². The van der Waals surface area contributed by atoms with Crippen molar-refractivity contribution in [3.8, 4) is 0 Å². The summed E-state index contributed by atoms with van der Waals surface area (Å²) in [5.41, 5.74) is 0. The molecule has 0 aromatic heterocycles. The molecule has 0 N–H and O–H groups in total. The van der Waals surface area contributed by atoms with Crippen LogP contribution >= 0.6 is 0 Å². The van der Waals surface area contributed by atoms with Gasteiger partial charge in [0.2, 0.25) is 0 Å². The Hall–Kier alpha value is -0.514. The van der Waals surface area contributed by atoms with E-state index in [9.17, 15) is 0 Å². The van der Waals surface area contributed by atoms with E-state index in [1.54, 1.807) is 0 Å². The maximum absolute atomic E-state index is 7.80. The average molecular weight is 488 g/mol. The van der Waals surface area contributed by atoms with Crippen molar-refractivity contribution in [2.75, 3.05) is 0 Å². The SMILES string of the molecule is C[CH2][Ge]([CH2]C)([O][Ge]([c]1ccccc1)([C](C)(C)C)[C](C)(C)C)[c]1ccccc1. The first-order chi connectivity index (χ1) is 12.5. The van der Waals surface area contributed by atoms with Crippen LogP contribution in [0.3, 0.4) is 0 Å². The molecule has 0 saturated heterocycles. The third-order valence-corrected chi connectivity index (χ3v) is 34.1. The third kappa shape index (κ3) is 4.25. The minimum atomic E-state index is -3.05. The van der Waals surface area contributed by atoms with Gasteiger partial charge in [-0.15, -0.1) is 0 Å². The third-order valence-electron chi connectivity index (χ3n) is 6.08. The molecule has 0 amide bonds. The molecule has 0 aliphatic rings. The molecule has 3 heteroatoms. The second-order valence-electron chi connectivity index (χ2n) is 9.72. The van der Waals surface area contributed by atoms with Gasteiger partial charge in [0.25, 0.3) is 0 Å². The predicted molar refractivity (Wildman–Crippen MR) is 125 cm³/mol. The van der Waals surface area contributed by atoms with Gasteiger partial charge in [0.1, 0.15) is 0 Å². The molecule has 0 aliphatic carbocycles. The van der Waals surface area contributed by atoms with Crippen LogP contribution in [0.15, 0.2) is 60.7 Å². The van der Waals surface area contributed by atoms with Crippen LogP contribution < -0.4 is 8.79 Å². The Bertz CT molecular complexity index is 694. The molecule has 0 radical (unpaired) electrons. The van der Waals surface area contributed by atoms with Crippen LogP contribution in [-0.2, 0) is 2.79 Å². The van der Waals surface area contributed by atoms with E-state index in [1.807, 2.05) is 0 Å². The van der Waals surface area contributed by atoms with Gasteiger partial charge in [0.15, 0.2) is 0 Å². The molecule has 0 unspecified atom stereocenters. The van der Waals surface area contributed by atoms with E-state index in [1.165, 1.54) is 19.3 Å². The Morgan fingerprint density at radius 1 is 0.630 bits per heavy atom. The zero-order valence-electron chi connectivity index (χ0n) is 18.6. The molecule has 0 atom stereocenters. The minimum absolute atomic E-state index is 0.148. The summed E-state index contributed by atoms with van der Waals surface area (Å²) in [6.45, 7) is 19.3. The second-order valence-corrected chi connectivity index (χ2v) is 31.1. The van der Waals surface area contributed by atoms with E-state index >= 15 is 0 Å². The molecule has 27 heavy (non-hydrogen) atoms.